The highest BCUT2D eigenvalue weighted by atomic mass is 32.2. The summed E-state index contributed by atoms with van der Waals surface area (Å²) in [6.45, 7) is 5.44. The van der Waals surface area contributed by atoms with Crippen LogP contribution in [0.5, 0.6) is 0 Å². The highest BCUT2D eigenvalue weighted by Gasteiger charge is 2.38. The average Bonchev–Trinajstić information content (AvgIpc) is 2.65. The van der Waals surface area contributed by atoms with Crippen LogP contribution in [0.4, 0.5) is 0 Å². The van der Waals surface area contributed by atoms with Gasteiger partial charge in [0.2, 0.25) is 0 Å². The van der Waals surface area contributed by atoms with Crippen LogP contribution in [0.1, 0.15) is 19.4 Å². The number of aliphatic imine (C=N–C) groups is 1. The molecule has 1 unspecified atom stereocenters. The molecule has 1 aromatic rings. The molecule has 6 heteroatoms. The van der Waals surface area contributed by atoms with Crippen molar-refractivity contribution in [1.82, 2.24) is 4.90 Å². The molecule has 0 bridgehead atoms. The maximum atomic E-state index is 11.5. The standard InChI is InChI=1S/C13H19N3O2S/c1-4-16-12(14)15-9-13(16,2)10-5-7-11(8-6-10)19(3,17)18/h5-8H,4,9H2,1-3H3,(H2,14,15). The zero-order chi connectivity index (χ0) is 14.3. The van der Waals surface area contributed by atoms with E-state index in [4.69, 9.17) is 5.73 Å². The fraction of sp³-hybridized carbons (Fsp3) is 0.462. The fourth-order valence-corrected chi connectivity index (χ4v) is 3.11. The highest BCUT2D eigenvalue weighted by molar-refractivity contribution is 7.90. The van der Waals surface area contributed by atoms with Gasteiger partial charge in [0.15, 0.2) is 15.8 Å². The van der Waals surface area contributed by atoms with Gasteiger partial charge in [-0.2, -0.15) is 0 Å². The van der Waals surface area contributed by atoms with Gasteiger partial charge in [-0.3, -0.25) is 4.99 Å². The Morgan fingerprint density at radius 3 is 2.42 bits per heavy atom. The largest absolute Gasteiger partial charge is 0.370 e. The van der Waals surface area contributed by atoms with E-state index < -0.39 is 9.84 Å². The first-order valence-corrected chi connectivity index (χ1v) is 8.06. The lowest BCUT2D eigenvalue weighted by atomic mass is 9.91. The summed E-state index contributed by atoms with van der Waals surface area (Å²) >= 11 is 0. The molecule has 1 heterocycles. The second-order valence-electron chi connectivity index (χ2n) is 4.99. The first-order chi connectivity index (χ1) is 8.79. The van der Waals surface area contributed by atoms with E-state index in [1.807, 2.05) is 24.0 Å². The van der Waals surface area contributed by atoms with Gasteiger partial charge in [-0.25, -0.2) is 8.42 Å². The van der Waals surface area contributed by atoms with Gasteiger partial charge in [0.25, 0.3) is 0 Å². The monoisotopic (exact) mass is 281 g/mol. The highest BCUT2D eigenvalue weighted by Crippen LogP contribution is 2.32. The summed E-state index contributed by atoms with van der Waals surface area (Å²) < 4.78 is 22.9. The van der Waals surface area contributed by atoms with Crippen molar-refractivity contribution in [3.63, 3.8) is 0 Å². The van der Waals surface area contributed by atoms with Gasteiger partial charge in [-0.15, -0.1) is 0 Å². The maximum absolute atomic E-state index is 11.5. The van der Waals surface area contributed by atoms with Crippen LogP contribution >= 0.6 is 0 Å². The molecular formula is C13H19N3O2S. The molecule has 5 nitrogen and oxygen atoms in total. The maximum Gasteiger partial charge on any atom is 0.192 e. The number of rotatable bonds is 3. The Kier molecular flexibility index (Phi) is 3.30. The molecule has 0 aromatic heterocycles. The second-order valence-corrected chi connectivity index (χ2v) is 7.00. The predicted molar refractivity (Wildman–Crippen MR) is 75.8 cm³/mol. The number of benzene rings is 1. The molecule has 0 saturated carbocycles. The number of hydrogen-bond acceptors (Lipinski definition) is 5. The van der Waals surface area contributed by atoms with E-state index in [-0.39, 0.29) is 5.54 Å². The third-order valence-corrected chi connectivity index (χ3v) is 4.77. The summed E-state index contributed by atoms with van der Waals surface area (Å²) in [5.41, 5.74) is 6.60. The molecule has 104 valence electrons. The quantitative estimate of drug-likeness (QED) is 0.895. The molecule has 2 N–H and O–H groups in total. The van der Waals surface area contributed by atoms with Gasteiger partial charge in [0, 0.05) is 12.8 Å². The van der Waals surface area contributed by atoms with Crippen LogP contribution in [-0.4, -0.2) is 38.6 Å². The van der Waals surface area contributed by atoms with Crippen LogP contribution in [0.3, 0.4) is 0 Å². The van der Waals surface area contributed by atoms with Crippen molar-refractivity contribution in [1.29, 1.82) is 0 Å². The lowest BCUT2D eigenvalue weighted by molar-refractivity contribution is 0.235. The van der Waals surface area contributed by atoms with Gasteiger partial charge in [0.05, 0.1) is 17.0 Å². The van der Waals surface area contributed by atoms with E-state index in [0.29, 0.717) is 17.4 Å². The van der Waals surface area contributed by atoms with Crippen molar-refractivity contribution >= 4 is 15.8 Å². The van der Waals surface area contributed by atoms with Crippen LogP contribution in [0.2, 0.25) is 0 Å². The normalized spacial score (nSPS) is 23.5. The van der Waals surface area contributed by atoms with E-state index in [0.717, 1.165) is 12.1 Å². The van der Waals surface area contributed by atoms with Gasteiger partial charge in [0.1, 0.15) is 0 Å². The van der Waals surface area contributed by atoms with Crippen molar-refractivity contribution in [3.05, 3.63) is 29.8 Å². The summed E-state index contributed by atoms with van der Waals surface area (Å²) in [4.78, 5) is 6.65. The van der Waals surface area contributed by atoms with E-state index >= 15 is 0 Å². The third-order valence-electron chi connectivity index (χ3n) is 3.64. The minimum atomic E-state index is -3.16. The van der Waals surface area contributed by atoms with E-state index in [2.05, 4.69) is 11.9 Å². The van der Waals surface area contributed by atoms with Crippen LogP contribution in [0, 0.1) is 0 Å². The minimum Gasteiger partial charge on any atom is -0.370 e. The Balaban J connectivity index is 2.38. The van der Waals surface area contributed by atoms with Crippen molar-refractivity contribution in [3.8, 4) is 0 Å². The smallest absolute Gasteiger partial charge is 0.192 e. The molecule has 0 amide bonds. The number of guanidine groups is 1. The van der Waals surface area contributed by atoms with Gasteiger partial charge in [-0.1, -0.05) is 12.1 Å². The predicted octanol–water partition coefficient (Wildman–Crippen LogP) is 0.956. The molecule has 0 fully saturated rings. The van der Waals surface area contributed by atoms with Crippen LogP contribution in [0.25, 0.3) is 0 Å². The molecule has 0 radical (unpaired) electrons. The Morgan fingerprint density at radius 2 is 1.95 bits per heavy atom. The van der Waals surface area contributed by atoms with Crippen molar-refractivity contribution < 1.29 is 8.42 Å². The summed E-state index contributed by atoms with van der Waals surface area (Å²) in [5.74, 6) is 0.539. The average molecular weight is 281 g/mol. The Labute approximate surface area is 114 Å². The molecule has 0 saturated heterocycles. The number of sulfone groups is 1. The fourth-order valence-electron chi connectivity index (χ4n) is 2.48. The van der Waals surface area contributed by atoms with Crippen molar-refractivity contribution in [2.75, 3.05) is 19.3 Å². The minimum absolute atomic E-state index is 0.297. The summed E-state index contributed by atoms with van der Waals surface area (Å²) in [6, 6.07) is 6.96. The molecule has 1 aliphatic rings. The number of hydrogen-bond donors (Lipinski definition) is 1. The number of likely N-dealkylation sites (N-methyl/N-ethyl adjacent to an activating group) is 1. The molecule has 0 spiro atoms. The molecule has 2 rings (SSSR count). The Bertz CT molecular complexity index is 607. The molecule has 1 aromatic carbocycles. The molecule has 0 aliphatic carbocycles. The SMILES string of the molecule is CCN1C(N)=NCC1(C)c1ccc(S(C)(=O)=O)cc1. The first-order valence-electron chi connectivity index (χ1n) is 6.17. The Hall–Kier alpha value is -1.56. The van der Waals surface area contributed by atoms with Crippen molar-refractivity contribution in [2.24, 2.45) is 10.7 Å². The zero-order valence-electron chi connectivity index (χ0n) is 11.4. The van der Waals surface area contributed by atoms with Crippen molar-refractivity contribution in [2.45, 2.75) is 24.3 Å². The van der Waals surface area contributed by atoms with Crippen LogP contribution in [0.15, 0.2) is 34.2 Å². The first kappa shape index (κ1) is 13.9. The summed E-state index contributed by atoms with van der Waals surface area (Å²) in [7, 11) is -3.16. The molecular weight excluding hydrogens is 262 g/mol. The number of nitrogens with zero attached hydrogens (tertiary/aromatic N) is 2. The summed E-state index contributed by atoms with van der Waals surface area (Å²) in [5, 5.41) is 0. The van der Waals surface area contributed by atoms with Gasteiger partial charge < -0.3 is 10.6 Å². The van der Waals surface area contributed by atoms with Crippen LogP contribution < -0.4 is 5.73 Å². The van der Waals surface area contributed by atoms with E-state index in [1.54, 1.807) is 12.1 Å². The van der Waals surface area contributed by atoms with Gasteiger partial charge in [-0.05, 0) is 31.5 Å². The van der Waals surface area contributed by atoms with E-state index in [1.165, 1.54) is 6.26 Å². The molecule has 1 aliphatic heterocycles. The lowest BCUT2D eigenvalue weighted by Gasteiger charge is -2.36. The van der Waals surface area contributed by atoms with E-state index in [9.17, 15) is 8.42 Å². The third kappa shape index (κ3) is 2.32. The van der Waals surface area contributed by atoms with Gasteiger partial charge >= 0.3 is 0 Å². The summed E-state index contributed by atoms with van der Waals surface area (Å²) in [6.07, 6.45) is 1.21. The number of nitrogens with two attached hydrogens (primary N) is 1. The molecule has 19 heavy (non-hydrogen) atoms. The zero-order valence-corrected chi connectivity index (χ0v) is 12.2. The molecule has 1 atom stereocenters. The van der Waals surface area contributed by atoms with Crippen LogP contribution in [-0.2, 0) is 15.4 Å². The second kappa shape index (κ2) is 4.52. The lowest BCUT2D eigenvalue weighted by Crippen LogP contribution is -2.47. The Morgan fingerprint density at radius 1 is 1.37 bits per heavy atom. The topological polar surface area (TPSA) is 75.8 Å².